The van der Waals surface area contributed by atoms with E-state index in [9.17, 15) is 14.7 Å². The highest BCUT2D eigenvalue weighted by Gasteiger charge is 2.68. The monoisotopic (exact) mass is 528 g/mol. The molecule has 4 fully saturated rings. The number of ether oxygens (including phenoxy) is 1. The molecule has 38 heavy (non-hydrogen) atoms. The minimum atomic E-state index is -0.792. The first-order valence-corrected chi connectivity index (χ1v) is 15.3. The van der Waals surface area contributed by atoms with Crippen molar-refractivity contribution in [2.24, 2.45) is 50.2 Å². The molecule has 5 aliphatic rings. The molecule has 0 amide bonds. The molecule has 0 aromatic rings. The third-order valence-electron chi connectivity index (χ3n) is 13.9. The zero-order valence-corrected chi connectivity index (χ0v) is 25.0. The summed E-state index contributed by atoms with van der Waals surface area (Å²) in [6.07, 6.45) is 13.4. The fourth-order valence-electron chi connectivity index (χ4n) is 11.1. The van der Waals surface area contributed by atoms with Gasteiger partial charge in [-0.05, 0) is 116 Å². The first-order chi connectivity index (χ1) is 17.5. The molecule has 0 aromatic heterocycles. The molecular formula is C33H52O5. The Kier molecular flexibility index (Phi) is 6.54. The summed E-state index contributed by atoms with van der Waals surface area (Å²) in [5.41, 5.74) is 1.75. The van der Waals surface area contributed by atoms with Crippen molar-refractivity contribution >= 4 is 11.9 Å². The molecular weight excluding hydrogens is 476 g/mol. The van der Waals surface area contributed by atoms with E-state index in [-0.39, 0.29) is 39.6 Å². The van der Waals surface area contributed by atoms with Crippen molar-refractivity contribution in [1.82, 2.24) is 0 Å². The van der Waals surface area contributed by atoms with Crippen LogP contribution < -0.4 is 0 Å². The van der Waals surface area contributed by atoms with Gasteiger partial charge >= 0.3 is 11.9 Å². The van der Waals surface area contributed by atoms with Crippen LogP contribution in [0, 0.1) is 50.2 Å². The summed E-state index contributed by atoms with van der Waals surface area (Å²) in [7, 11) is 0. The van der Waals surface area contributed by atoms with Gasteiger partial charge in [0.05, 0.1) is 24.5 Å². The Balaban J connectivity index is 1.47. The molecule has 0 saturated heterocycles. The Bertz CT molecular complexity index is 1030. The lowest BCUT2D eigenvalue weighted by Gasteiger charge is -2.71. The summed E-state index contributed by atoms with van der Waals surface area (Å²) < 4.78 is 6.24. The van der Waals surface area contributed by atoms with Crippen LogP contribution >= 0.6 is 0 Å². The molecule has 0 aliphatic heterocycles. The predicted octanol–water partition coefficient (Wildman–Crippen LogP) is 7.73. The van der Waals surface area contributed by atoms with Crippen LogP contribution in [0.3, 0.4) is 0 Å². The van der Waals surface area contributed by atoms with Gasteiger partial charge in [0.15, 0.2) is 0 Å². The molecule has 0 heterocycles. The van der Waals surface area contributed by atoms with E-state index in [1.165, 1.54) is 25.7 Å². The number of hydrogen-bond acceptors (Lipinski definition) is 3. The lowest BCUT2D eigenvalue weighted by Crippen LogP contribution is -2.64. The highest BCUT2D eigenvalue weighted by Crippen LogP contribution is 2.75. The lowest BCUT2D eigenvalue weighted by atomic mass is 9.33. The van der Waals surface area contributed by atoms with Gasteiger partial charge in [-0.3, -0.25) is 9.59 Å². The zero-order valence-electron chi connectivity index (χ0n) is 25.0. The van der Waals surface area contributed by atoms with Crippen molar-refractivity contribution in [3.05, 3.63) is 11.6 Å². The largest absolute Gasteiger partial charge is 0.481 e. The van der Waals surface area contributed by atoms with E-state index in [4.69, 9.17) is 9.84 Å². The number of aliphatic carboxylic acids is 2. The third-order valence-corrected chi connectivity index (χ3v) is 13.9. The van der Waals surface area contributed by atoms with E-state index < -0.39 is 17.4 Å². The second-order valence-corrected chi connectivity index (χ2v) is 15.9. The maximum absolute atomic E-state index is 12.3. The van der Waals surface area contributed by atoms with E-state index in [0.29, 0.717) is 24.4 Å². The van der Waals surface area contributed by atoms with Crippen LogP contribution in [0.5, 0.6) is 0 Å². The number of rotatable bonds is 5. The van der Waals surface area contributed by atoms with Crippen LogP contribution in [0.2, 0.25) is 0 Å². The van der Waals surface area contributed by atoms with Gasteiger partial charge in [-0.25, -0.2) is 0 Å². The summed E-state index contributed by atoms with van der Waals surface area (Å²) in [5.74, 6) is 0.105. The standard InChI is InChI=1S/C33H52O5/c1-28(2)23-10-14-33(7)24(31(23,5)13-11-25(28)38-19-12-26(34)35)9-8-21-22-20-30(4,27(36)37)16-15-29(22,3)17-18-32(21,33)6/h8,22-25H,9-20H2,1-7H3,(H,34,35)(H,36,37)/t22-,23?,24?,25+,29-,30?,31+,32-,33-/m1/s1. The van der Waals surface area contributed by atoms with Crippen molar-refractivity contribution in [2.75, 3.05) is 6.61 Å². The Morgan fingerprint density at radius 1 is 0.895 bits per heavy atom. The van der Waals surface area contributed by atoms with Gasteiger partial charge in [0, 0.05) is 0 Å². The molecule has 5 rings (SSSR count). The molecule has 5 heteroatoms. The third kappa shape index (κ3) is 3.79. The molecule has 5 aliphatic carbocycles. The van der Waals surface area contributed by atoms with Gasteiger partial charge in [0.2, 0.25) is 0 Å². The minimum absolute atomic E-state index is 0.00946. The Morgan fingerprint density at radius 3 is 2.24 bits per heavy atom. The molecule has 214 valence electrons. The first-order valence-electron chi connectivity index (χ1n) is 15.3. The smallest absolute Gasteiger partial charge is 0.309 e. The van der Waals surface area contributed by atoms with Gasteiger partial charge < -0.3 is 14.9 Å². The van der Waals surface area contributed by atoms with Crippen molar-refractivity contribution in [2.45, 2.75) is 125 Å². The molecule has 0 aromatic carbocycles. The second kappa shape index (κ2) is 8.82. The van der Waals surface area contributed by atoms with E-state index in [0.717, 1.165) is 38.5 Å². The maximum atomic E-state index is 12.3. The van der Waals surface area contributed by atoms with Crippen molar-refractivity contribution in [3.63, 3.8) is 0 Å². The molecule has 0 spiro atoms. The molecule has 5 nitrogen and oxygen atoms in total. The number of carbonyl (C=O) groups is 2. The van der Waals surface area contributed by atoms with Gasteiger partial charge in [-0.1, -0.05) is 53.2 Å². The SMILES string of the molecule is CC1(C(=O)O)CC[C@]2(C)CC[C@]3(C)C(=CCC4[C@@]5(C)CC[C@H](OCCC(=O)O)C(C)(C)C5CC[C@]43C)[C@H]2C1. The quantitative estimate of drug-likeness (QED) is 0.357. The van der Waals surface area contributed by atoms with Crippen LogP contribution in [0.4, 0.5) is 0 Å². The predicted molar refractivity (Wildman–Crippen MR) is 149 cm³/mol. The number of carboxylic acid groups (broad SMARTS) is 2. The molecule has 0 radical (unpaired) electrons. The summed E-state index contributed by atoms with van der Waals surface area (Å²) in [6, 6.07) is 0. The van der Waals surface area contributed by atoms with Crippen molar-refractivity contribution in [3.8, 4) is 0 Å². The van der Waals surface area contributed by atoms with E-state index in [1.54, 1.807) is 5.57 Å². The Hall–Kier alpha value is -1.36. The van der Waals surface area contributed by atoms with Crippen LogP contribution in [-0.4, -0.2) is 34.9 Å². The van der Waals surface area contributed by atoms with Gasteiger partial charge in [-0.2, -0.15) is 0 Å². The second-order valence-electron chi connectivity index (χ2n) is 15.9. The molecule has 9 atom stereocenters. The topological polar surface area (TPSA) is 83.8 Å². The molecule has 2 N–H and O–H groups in total. The van der Waals surface area contributed by atoms with Gasteiger partial charge in [0.25, 0.3) is 0 Å². The summed E-state index contributed by atoms with van der Waals surface area (Å²) in [4.78, 5) is 23.4. The normalized spacial score (nSPS) is 49.5. The Morgan fingerprint density at radius 2 is 1.58 bits per heavy atom. The fraction of sp³-hybridized carbons (Fsp3) is 0.879. The molecule has 0 bridgehead atoms. The summed E-state index contributed by atoms with van der Waals surface area (Å²) >= 11 is 0. The highest BCUT2D eigenvalue weighted by molar-refractivity contribution is 5.74. The minimum Gasteiger partial charge on any atom is -0.481 e. The van der Waals surface area contributed by atoms with Crippen LogP contribution in [0.1, 0.15) is 119 Å². The molecule has 4 saturated carbocycles. The van der Waals surface area contributed by atoms with Crippen LogP contribution in [0.25, 0.3) is 0 Å². The first kappa shape index (κ1) is 28.2. The highest BCUT2D eigenvalue weighted by atomic mass is 16.5. The fourth-order valence-corrected chi connectivity index (χ4v) is 11.1. The van der Waals surface area contributed by atoms with E-state index >= 15 is 0 Å². The number of carboxylic acids is 2. The number of hydrogen-bond donors (Lipinski definition) is 2. The number of fused-ring (bicyclic) bond motifs is 7. The maximum Gasteiger partial charge on any atom is 0.309 e. The van der Waals surface area contributed by atoms with Crippen LogP contribution in [0.15, 0.2) is 11.6 Å². The Labute approximate surface area is 230 Å². The summed E-state index contributed by atoms with van der Waals surface area (Å²) in [6.45, 7) is 17.2. The van der Waals surface area contributed by atoms with Crippen molar-refractivity contribution in [1.29, 1.82) is 0 Å². The lowest BCUT2D eigenvalue weighted by molar-refractivity contribution is -0.211. The summed E-state index contributed by atoms with van der Waals surface area (Å²) in [5, 5.41) is 19.2. The van der Waals surface area contributed by atoms with E-state index in [1.807, 2.05) is 6.92 Å². The average molecular weight is 529 g/mol. The van der Waals surface area contributed by atoms with Gasteiger partial charge in [0.1, 0.15) is 0 Å². The number of allylic oxidation sites excluding steroid dienone is 2. The molecule has 3 unspecified atom stereocenters. The van der Waals surface area contributed by atoms with Gasteiger partial charge in [-0.15, -0.1) is 0 Å². The van der Waals surface area contributed by atoms with Crippen LogP contribution in [-0.2, 0) is 14.3 Å². The van der Waals surface area contributed by atoms with Crippen molar-refractivity contribution < 1.29 is 24.5 Å². The van der Waals surface area contributed by atoms with E-state index in [2.05, 4.69) is 47.6 Å². The average Bonchev–Trinajstić information content (AvgIpc) is 2.82. The zero-order chi connectivity index (χ0) is 27.9.